The Balaban J connectivity index is 1.69. The molecule has 0 bridgehead atoms. The lowest BCUT2D eigenvalue weighted by Crippen LogP contribution is -2.17. The van der Waals surface area contributed by atoms with Crippen molar-refractivity contribution in [3.8, 4) is 17.2 Å². The molecule has 1 amide bonds. The van der Waals surface area contributed by atoms with Gasteiger partial charge in [-0.3, -0.25) is 4.79 Å². The summed E-state index contributed by atoms with van der Waals surface area (Å²) in [6.45, 7) is 4.05. The van der Waals surface area contributed by atoms with Crippen LogP contribution in [0.2, 0.25) is 0 Å². The predicted octanol–water partition coefficient (Wildman–Crippen LogP) is 3.51. The molecule has 0 aliphatic heterocycles. The molecular formula is C21H21N3O4. The van der Waals surface area contributed by atoms with E-state index in [4.69, 9.17) is 14.2 Å². The topological polar surface area (TPSA) is 84.9 Å². The fourth-order valence-corrected chi connectivity index (χ4v) is 2.68. The van der Waals surface area contributed by atoms with Gasteiger partial charge in [0.1, 0.15) is 18.1 Å². The molecule has 0 spiro atoms. The number of hydrogen-bond acceptors (Lipinski definition) is 5. The first-order valence-corrected chi connectivity index (χ1v) is 8.57. The lowest BCUT2D eigenvalue weighted by molar-refractivity contribution is 0.0951. The first-order valence-electron chi connectivity index (χ1n) is 8.57. The molecule has 0 saturated heterocycles. The van der Waals surface area contributed by atoms with Gasteiger partial charge in [-0.1, -0.05) is 12.7 Å². The molecule has 3 rings (SSSR count). The van der Waals surface area contributed by atoms with Gasteiger partial charge < -0.3 is 19.2 Å². The Hall–Kier alpha value is -3.74. The second-order valence-electron chi connectivity index (χ2n) is 5.81. The van der Waals surface area contributed by atoms with Crippen molar-refractivity contribution in [3.05, 3.63) is 66.4 Å². The Morgan fingerprint density at radius 2 is 1.96 bits per heavy atom. The first kappa shape index (κ1) is 19.0. The summed E-state index contributed by atoms with van der Waals surface area (Å²) >= 11 is 0. The van der Waals surface area contributed by atoms with Crippen molar-refractivity contribution < 1.29 is 19.0 Å². The maximum Gasteiger partial charge on any atom is 0.287 e. The van der Waals surface area contributed by atoms with Gasteiger partial charge in [0.05, 0.1) is 26.0 Å². The molecule has 2 N–H and O–H groups in total. The van der Waals surface area contributed by atoms with Crippen molar-refractivity contribution >= 4 is 23.0 Å². The Bertz CT molecular complexity index is 1010. The molecule has 7 nitrogen and oxygen atoms in total. The predicted molar refractivity (Wildman–Crippen MR) is 109 cm³/mol. The summed E-state index contributed by atoms with van der Waals surface area (Å²) in [4.78, 5) is 15.4. The van der Waals surface area contributed by atoms with Gasteiger partial charge in [0, 0.05) is 5.39 Å². The van der Waals surface area contributed by atoms with Crippen molar-refractivity contribution in [3.63, 3.8) is 0 Å². The smallest absolute Gasteiger partial charge is 0.287 e. The van der Waals surface area contributed by atoms with E-state index in [9.17, 15) is 4.79 Å². The Kier molecular flexibility index (Phi) is 5.96. The number of methoxy groups -OCH3 is 2. The normalized spacial score (nSPS) is 10.8. The Labute approximate surface area is 162 Å². The first-order chi connectivity index (χ1) is 13.7. The highest BCUT2D eigenvalue weighted by atomic mass is 16.5. The van der Waals surface area contributed by atoms with Gasteiger partial charge in [0.15, 0.2) is 11.5 Å². The molecule has 3 aromatic rings. The zero-order chi connectivity index (χ0) is 19.9. The summed E-state index contributed by atoms with van der Waals surface area (Å²) in [5.74, 6) is 1.54. The number of carbonyl (C=O) groups is 1. The quantitative estimate of drug-likeness (QED) is 0.356. The summed E-state index contributed by atoms with van der Waals surface area (Å²) in [6, 6.07) is 12.6. The minimum Gasteiger partial charge on any atom is -0.493 e. The zero-order valence-corrected chi connectivity index (χ0v) is 15.7. The molecule has 144 valence electrons. The van der Waals surface area contributed by atoms with Crippen LogP contribution in [0.1, 0.15) is 16.1 Å². The maximum absolute atomic E-state index is 12.4. The molecule has 0 radical (unpaired) electrons. The van der Waals surface area contributed by atoms with E-state index in [1.807, 2.05) is 30.3 Å². The Morgan fingerprint density at radius 3 is 2.64 bits per heavy atom. The number of fused-ring (bicyclic) bond motifs is 1. The SMILES string of the molecule is C=CCOc1ccc(/C=N\NC(=O)c2cc3c(OC)c(OC)ccc3[nH]2)cc1. The third-order valence-electron chi connectivity index (χ3n) is 4.01. The van der Waals surface area contributed by atoms with Gasteiger partial charge in [0.2, 0.25) is 0 Å². The lowest BCUT2D eigenvalue weighted by Gasteiger charge is -2.07. The number of hydrogen-bond donors (Lipinski definition) is 2. The standard InChI is InChI=1S/C21H21N3O4/c1-4-11-28-15-7-5-14(6-8-15)13-22-24-21(25)18-12-16-17(23-18)9-10-19(26-2)20(16)27-3/h4-10,12-13,23H,1,11H2,2-3H3,(H,24,25)/b22-13-. The second kappa shape index (κ2) is 8.77. The molecule has 0 aliphatic rings. The van der Waals surface area contributed by atoms with Crippen LogP contribution in [0.5, 0.6) is 17.2 Å². The summed E-state index contributed by atoms with van der Waals surface area (Å²) in [5.41, 5.74) is 4.47. The number of benzene rings is 2. The molecule has 28 heavy (non-hydrogen) atoms. The molecule has 0 saturated carbocycles. The van der Waals surface area contributed by atoms with Crippen LogP contribution in [0.3, 0.4) is 0 Å². The summed E-state index contributed by atoms with van der Waals surface area (Å²) in [6.07, 6.45) is 3.24. The van der Waals surface area contributed by atoms with Crippen molar-refractivity contribution in [2.24, 2.45) is 5.10 Å². The average Bonchev–Trinajstić information content (AvgIpc) is 3.16. The molecule has 1 aromatic heterocycles. The van der Waals surface area contributed by atoms with Crippen LogP contribution in [0.4, 0.5) is 0 Å². The molecular weight excluding hydrogens is 358 g/mol. The fourth-order valence-electron chi connectivity index (χ4n) is 2.68. The number of ether oxygens (including phenoxy) is 3. The van der Waals surface area contributed by atoms with Crippen molar-refractivity contribution in [1.29, 1.82) is 0 Å². The van der Waals surface area contributed by atoms with Crippen LogP contribution in [0.15, 0.2) is 60.2 Å². The number of aromatic nitrogens is 1. The van der Waals surface area contributed by atoms with E-state index in [-0.39, 0.29) is 5.91 Å². The van der Waals surface area contributed by atoms with Gasteiger partial charge >= 0.3 is 0 Å². The van der Waals surface area contributed by atoms with E-state index in [1.54, 1.807) is 38.6 Å². The number of aromatic amines is 1. The van der Waals surface area contributed by atoms with Gasteiger partial charge in [-0.2, -0.15) is 5.10 Å². The highest BCUT2D eigenvalue weighted by Crippen LogP contribution is 2.35. The largest absolute Gasteiger partial charge is 0.493 e. The van der Waals surface area contributed by atoms with Crippen LogP contribution in [-0.4, -0.2) is 37.9 Å². The summed E-state index contributed by atoms with van der Waals surface area (Å²) < 4.78 is 16.1. The highest BCUT2D eigenvalue weighted by Gasteiger charge is 2.14. The van der Waals surface area contributed by atoms with Crippen LogP contribution >= 0.6 is 0 Å². The van der Waals surface area contributed by atoms with Crippen molar-refractivity contribution in [1.82, 2.24) is 10.4 Å². The highest BCUT2D eigenvalue weighted by molar-refractivity contribution is 6.00. The number of amides is 1. The van der Waals surface area contributed by atoms with Crippen LogP contribution in [-0.2, 0) is 0 Å². The van der Waals surface area contributed by atoms with Gasteiger partial charge in [-0.05, 0) is 48.0 Å². The van der Waals surface area contributed by atoms with Gasteiger partial charge in [0.25, 0.3) is 5.91 Å². The zero-order valence-electron chi connectivity index (χ0n) is 15.7. The molecule has 0 fully saturated rings. The minimum absolute atomic E-state index is 0.362. The second-order valence-corrected chi connectivity index (χ2v) is 5.81. The van der Waals surface area contributed by atoms with E-state index in [0.717, 1.165) is 22.2 Å². The minimum atomic E-state index is -0.362. The van der Waals surface area contributed by atoms with Crippen LogP contribution in [0.25, 0.3) is 10.9 Å². The molecule has 7 heteroatoms. The van der Waals surface area contributed by atoms with Crippen LogP contribution in [0, 0.1) is 0 Å². The van der Waals surface area contributed by atoms with E-state index in [0.29, 0.717) is 23.8 Å². The van der Waals surface area contributed by atoms with Crippen LogP contribution < -0.4 is 19.6 Å². The molecule has 1 heterocycles. The summed E-state index contributed by atoms with van der Waals surface area (Å²) in [5, 5.41) is 4.75. The van der Waals surface area contributed by atoms with Crippen molar-refractivity contribution in [2.75, 3.05) is 20.8 Å². The van der Waals surface area contributed by atoms with Crippen molar-refractivity contribution in [2.45, 2.75) is 0 Å². The maximum atomic E-state index is 12.4. The number of rotatable bonds is 8. The number of nitrogens with zero attached hydrogens (tertiary/aromatic N) is 1. The molecule has 2 aromatic carbocycles. The third-order valence-corrected chi connectivity index (χ3v) is 4.01. The number of H-pyrrole nitrogens is 1. The van der Waals surface area contributed by atoms with E-state index in [2.05, 4.69) is 22.1 Å². The molecule has 0 aliphatic carbocycles. The number of nitrogens with one attached hydrogen (secondary N) is 2. The third kappa shape index (κ3) is 4.15. The van der Waals surface area contributed by atoms with E-state index < -0.39 is 0 Å². The Morgan fingerprint density at radius 1 is 1.18 bits per heavy atom. The van der Waals surface area contributed by atoms with Gasteiger partial charge in [-0.25, -0.2) is 5.43 Å². The van der Waals surface area contributed by atoms with E-state index in [1.165, 1.54) is 0 Å². The van der Waals surface area contributed by atoms with Gasteiger partial charge in [-0.15, -0.1) is 0 Å². The lowest BCUT2D eigenvalue weighted by atomic mass is 10.2. The average molecular weight is 379 g/mol. The molecule has 0 unspecified atom stereocenters. The fraction of sp³-hybridized carbons (Fsp3) is 0.143. The number of hydrazone groups is 1. The molecule has 0 atom stereocenters. The summed E-state index contributed by atoms with van der Waals surface area (Å²) in [7, 11) is 3.12. The number of carbonyl (C=O) groups excluding carboxylic acids is 1. The van der Waals surface area contributed by atoms with E-state index >= 15 is 0 Å². The monoisotopic (exact) mass is 379 g/mol.